The van der Waals surface area contributed by atoms with E-state index >= 15 is 0 Å². The van der Waals surface area contributed by atoms with Gasteiger partial charge in [0.2, 0.25) is 0 Å². The molecule has 0 saturated carbocycles. The topological polar surface area (TPSA) is 59.7 Å². The molecule has 0 amide bonds. The van der Waals surface area contributed by atoms with Crippen molar-refractivity contribution in [3.8, 4) is 17.1 Å². The van der Waals surface area contributed by atoms with Crippen molar-refractivity contribution in [2.24, 2.45) is 0 Å². The van der Waals surface area contributed by atoms with Crippen molar-refractivity contribution in [1.82, 2.24) is 0 Å². The zero-order chi connectivity index (χ0) is 18.8. The standard InChI is InChI=1S/C22H15ClO4/c23-18-9-5-4-8-15(18)13-26-16-10-11-19-17(12-16)20(22(24)25)21(27-19)14-6-2-1-3-7-14/h1-12H,13H2,(H,24,25). The van der Waals surface area contributed by atoms with Crippen LogP contribution in [0.3, 0.4) is 0 Å². The number of carbonyl (C=O) groups is 1. The number of carboxylic acids is 1. The molecule has 0 fully saturated rings. The van der Waals surface area contributed by atoms with Crippen LogP contribution in [0.2, 0.25) is 5.02 Å². The summed E-state index contributed by atoms with van der Waals surface area (Å²) in [5, 5.41) is 10.9. The minimum atomic E-state index is -1.05. The molecule has 1 N–H and O–H groups in total. The Kier molecular flexibility index (Phi) is 4.57. The molecule has 1 heterocycles. The highest BCUT2D eigenvalue weighted by Gasteiger charge is 2.22. The highest BCUT2D eigenvalue weighted by molar-refractivity contribution is 6.31. The minimum Gasteiger partial charge on any atom is -0.489 e. The van der Waals surface area contributed by atoms with Crippen molar-refractivity contribution in [1.29, 1.82) is 0 Å². The number of halogens is 1. The van der Waals surface area contributed by atoms with E-state index in [0.717, 1.165) is 5.56 Å². The number of fused-ring (bicyclic) bond motifs is 1. The number of hydrogen-bond donors (Lipinski definition) is 1. The first-order chi connectivity index (χ1) is 13.1. The Morgan fingerprint density at radius 2 is 1.74 bits per heavy atom. The van der Waals surface area contributed by atoms with Gasteiger partial charge in [-0.25, -0.2) is 4.79 Å². The summed E-state index contributed by atoms with van der Waals surface area (Å²) >= 11 is 6.15. The quantitative estimate of drug-likeness (QED) is 0.460. The fraction of sp³-hybridized carbons (Fsp3) is 0.0455. The van der Waals surface area contributed by atoms with Gasteiger partial charge in [0.25, 0.3) is 0 Å². The zero-order valence-corrected chi connectivity index (χ0v) is 14.9. The van der Waals surface area contributed by atoms with Crippen molar-refractivity contribution in [3.63, 3.8) is 0 Å². The van der Waals surface area contributed by atoms with E-state index in [1.807, 2.05) is 48.5 Å². The predicted octanol–water partition coefficient (Wildman–Crippen LogP) is 6.03. The summed E-state index contributed by atoms with van der Waals surface area (Å²) < 4.78 is 11.6. The lowest BCUT2D eigenvalue weighted by Crippen LogP contribution is -1.98. The maximum atomic E-state index is 11.9. The summed E-state index contributed by atoms with van der Waals surface area (Å²) in [5.41, 5.74) is 2.19. The first kappa shape index (κ1) is 17.2. The van der Waals surface area contributed by atoms with Crippen LogP contribution < -0.4 is 4.74 Å². The van der Waals surface area contributed by atoms with Gasteiger partial charge in [-0.3, -0.25) is 0 Å². The molecule has 0 saturated heterocycles. The van der Waals surface area contributed by atoms with Crippen molar-refractivity contribution in [3.05, 3.63) is 88.9 Å². The summed E-state index contributed by atoms with van der Waals surface area (Å²) in [5.74, 6) is -0.164. The van der Waals surface area contributed by atoms with Crippen LogP contribution in [-0.4, -0.2) is 11.1 Å². The number of rotatable bonds is 5. The monoisotopic (exact) mass is 378 g/mol. The Morgan fingerprint density at radius 1 is 1.00 bits per heavy atom. The zero-order valence-electron chi connectivity index (χ0n) is 14.2. The molecular weight excluding hydrogens is 364 g/mol. The second kappa shape index (κ2) is 7.17. The number of hydrogen-bond acceptors (Lipinski definition) is 3. The molecular formula is C22H15ClO4. The van der Waals surface area contributed by atoms with Gasteiger partial charge in [-0.15, -0.1) is 0 Å². The Balaban J connectivity index is 1.72. The molecule has 134 valence electrons. The molecule has 5 heteroatoms. The van der Waals surface area contributed by atoms with Crippen LogP contribution in [0.5, 0.6) is 5.75 Å². The third kappa shape index (κ3) is 3.39. The molecule has 0 unspecified atom stereocenters. The first-order valence-corrected chi connectivity index (χ1v) is 8.73. The number of benzene rings is 3. The maximum absolute atomic E-state index is 11.9. The van der Waals surface area contributed by atoms with Crippen LogP contribution in [0.25, 0.3) is 22.3 Å². The summed E-state index contributed by atoms with van der Waals surface area (Å²) in [4.78, 5) is 11.9. The molecule has 0 spiro atoms. The molecule has 4 nitrogen and oxygen atoms in total. The van der Waals surface area contributed by atoms with Gasteiger partial charge in [-0.05, 0) is 24.3 Å². The van der Waals surface area contributed by atoms with Crippen molar-refractivity contribution >= 4 is 28.5 Å². The summed E-state index contributed by atoms with van der Waals surface area (Å²) in [6.07, 6.45) is 0. The normalized spacial score (nSPS) is 10.9. The number of furan rings is 1. The number of ether oxygens (including phenoxy) is 1. The molecule has 27 heavy (non-hydrogen) atoms. The van der Waals surface area contributed by atoms with E-state index in [9.17, 15) is 9.90 Å². The van der Waals surface area contributed by atoms with Crippen molar-refractivity contribution in [2.75, 3.05) is 0 Å². The van der Waals surface area contributed by atoms with Crippen LogP contribution in [0, 0.1) is 0 Å². The largest absolute Gasteiger partial charge is 0.489 e. The molecule has 3 aromatic carbocycles. The summed E-state index contributed by atoms with van der Waals surface area (Å²) in [6, 6.07) is 21.8. The van der Waals surface area contributed by atoms with Crippen LogP contribution in [-0.2, 0) is 6.61 Å². The van der Waals surface area contributed by atoms with E-state index in [4.69, 9.17) is 20.8 Å². The number of carboxylic acid groups (broad SMARTS) is 1. The minimum absolute atomic E-state index is 0.124. The second-order valence-corrected chi connectivity index (χ2v) is 6.42. The summed E-state index contributed by atoms with van der Waals surface area (Å²) in [7, 11) is 0. The van der Waals surface area contributed by atoms with Crippen LogP contribution in [0.4, 0.5) is 0 Å². The lowest BCUT2D eigenvalue weighted by atomic mass is 10.1. The number of aromatic carboxylic acids is 1. The van der Waals surface area contributed by atoms with Crippen molar-refractivity contribution in [2.45, 2.75) is 6.61 Å². The average Bonchev–Trinajstić information content (AvgIpc) is 3.07. The van der Waals surface area contributed by atoms with Gasteiger partial charge in [-0.2, -0.15) is 0 Å². The molecule has 0 aliphatic carbocycles. The van der Waals surface area contributed by atoms with Gasteiger partial charge < -0.3 is 14.3 Å². The van der Waals surface area contributed by atoms with Gasteiger partial charge in [0.15, 0.2) is 0 Å². The average molecular weight is 379 g/mol. The highest BCUT2D eigenvalue weighted by Crippen LogP contribution is 2.35. The lowest BCUT2D eigenvalue weighted by Gasteiger charge is -2.07. The Morgan fingerprint density at radius 3 is 2.48 bits per heavy atom. The molecule has 0 bridgehead atoms. The molecule has 0 aliphatic rings. The van der Waals surface area contributed by atoms with Crippen LogP contribution >= 0.6 is 11.6 Å². The molecule has 1 aromatic heterocycles. The van der Waals surface area contributed by atoms with Crippen LogP contribution in [0.1, 0.15) is 15.9 Å². The van der Waals surface area contributed by atoms with Crippen LogP contribution in [0.15, 0.2) is 77.2 Å². The molecule has 0 aliphatic heterocycles. The van der Waals surface area contributed by atoms with E-state index in [-0.39, 0.29) is 12.2 Å². The third-order valence-electron chi connectivity index (χ3n) is 4.26. The van der Waals surface area contributed by atoms with Gasteiger partial charge >= 0.3 is 5.97 Å². The Labute approximate surface area is 160 Å². The molecule has 0 atom stereocenters. The molecule has 4 aromatic rings. The van der Waals surface area contributed by atoms with E-state index in [2.05, 4.69) is 0 Å². The predicted molar refractivity (Wildman–Crippen MR) is 104 cm³/mol. The lowest BCUT2D eigenvalue weighted by molar-refractivity contribution is 0.0699. The van der Waals surface area contributed by atoms with Gasteiger partial charge in [0, 0.05) is 21.5 Å². The summed E-state index contributed by atoms with van der Waals surface area (Å²) in [6.45, 7) is 0.289. The van der Waals surface area contributed by atoms with Gasteiger partial charge in [-0.1, -0.05) is 60.1 Å². The fourth-order valence-electron chi connectivity index (χ4n) is 2.95. The Bertz CT molecular complexity index is 1120. The van der Waals surface area contributed by atoms with E-state index in [1.54, 1.807) is 24.3 Å². The Hall–Kier alpha value is -3.24. The smallest absolute Gasteiger partial charge is 0.340 e. The van der Waals surface area contributed by atoms with Crippen molar-refractivity contribution < 1.29 is 19.1 Å². The maximum Gasteiger partial charge on any atom is 0.340 e. The fourth-order valence-corrected chi connectivity index (χ4v) is 3.14. The SMILES string of the molecule is O=C(O)c1c(-c2ccccc2)oc2ccc(OCc3ccccc3Cl)cc12. The van der Waals surface area contributed by atoms with E-state index in [0.29, 0.717) is 33.1 Å². The highest BCUT2D eigenvalue weighted by atomic mass is 35.5. The second-order valence-electron chi connectivity index (χ2n) is 6.02. The van der Waals surface area contributed by atoms with E-state index in [1.165, 1.54) is 0 Å². The van der Waals surface area contributed by atoms with E-state index < -0.39 is 5.97 Å². The third-order valence-corrected chi connectivity index (χ3v) is 4.63. The molecule has 0 radical (unpaired) electrons. The van der Waals surface area contributed by atoms with Gasteiger partial charge in [0.05, 0.1) is 0 Å². The first-order valence-electron chi connectivity index (χ1n) is 8.35. The molecule has 4 rings (SSSR count). The van der Waals surface area contributed by atoms with Gasteiger partial charge in [0.1, 0.15) is 29.3 Å².